The van der Waals surface area contributed by atoms with Crippen LogP contribution < -0.4 is 5.56 Å². The van der Waals surface area contributed by atoms with Crippen LogP contribution in [0, 0.1) is 0 Å². The molecule has 3 aromatic carbocycles. The topological polar surface area (TPSA) is 78.5 Å². The van der Waals surface area contributed by atoms with Crippen LogP contribution in [0.3, 0.4) is 0 Å². The van der Waals surface area contributed by atoms with Crippen molar-refractivity contribution >= 4 is 34.3 Å². The molecule has 7 nitrogen and oxygen atoms in total. The van der Waals surface area contributed by atoms with E-state index in [9.17, 15) is 4.79 Å². The number of nitrogens with zero attached hydrogens (tertiary/aromatic N) is 6. The lowest BCUT2D eigenvalue weighted by atomic mass is 10.2. The first-order valence-electron chi connectivity index (χ1n) is 9.89. The van der Waals surface area contributed by atoms with E-state index in [0.717, 1.165) is 11.3 Å². The predicted molar refractivity (Wildman–Crippen MR) is 125 cm³/mol. The third kappa shape index (κ3) is 4.02. The number of hydrogen-bond acceptors (Lipinski definition) is 6. The maximum Gasteiger partial charge on any atom is 0.262 e. The summed E-state index contributed by atoms with van der Waals surface area (Å²) < 4.78 is 3.34. The molecular weight excluding hydrogens is 444 g/mol. The maximum atomic E-state index is 13.3. The van der Waals surface area contributed by atoms with Crippen molar-refractivity contribution in [2.45, 2.75) is 17.5 Å². The summed E-state index contributed by atoms with van der Waals surface area (Å²) in [5.41, 5.74) is 2.26. The molecule has 0 aliphatic carbocycles. The molecule has 0 amide bonds. The molecule has 0 unspecified atom stereocenters. The highest BCUT2D eigenvalue weighted by Crippen LogP contribution is 2.24. The summed E-state index contributed by atoms with van der Waals surface area (Å²) >= 11 is 7.78. The Morgan fingerprint density at radius 2 is 1.66 bits per heavy atom. The van der Waals surface area contributed by atoms with Crippen molar-refractivity contribution in [3.05, 3.63) is 106 Å². The Kier molecular flexibility index (Phi) is 5.70. The minimum Gasteiger partial charge on any atom is -0.283 e. The Hall–Kier alpha value is -3.49. The molecule has 32 heavy (non-hydrogen) atoms. The summed E-state index contributed by atoms with van der Waals surface area (Å²) in [7, 11) is 0. The second-order valence-corrected chi connectivity index (χ2v) is 8.38. The fourth-order valence-corrected chi connectivity index (χ4v) is 4.49. The first kappa shape index (κ1) is 20.4. The van der Waals surface area contributed by atoms with Crippen LogP contribution in [0.4, 0.5) is 0 Å². The van der Waals surface area contributed by atoms with E-state index < -0.39 is 0 Å². The molecular formula is C23H17ClN6OS. The van der Waals surface area contributed by atoms with Crippen LogP contribution in [0.2, 0.25) is 5.02 Å². The van der Waals surface area contributed by atoms with Gasteiger partial charge in [-0.2, -0.15) is 4.68 Å². The molecule has 0 fully saturated rings. The first-order valence-corrected chi connectivity index (χ1v) is 11.3. The average molecular weight is 461 g/mol. The van der Waals surface area contributed by atoms with Gasteiger partial charge in [0, 0.05) is 5.02 Å². The fraction of sp³-hybridized carbons (Fsp3) is 0.0870. The summed E-state index contributed by atoms with van der Waals surface area (Å²) in [6, 6.07) is 24.5. The van der Waals surface area contributed by atoms with Crippen LogP contribution in [-0.2, 0) is 12.3 Å². The molecule has 0 saturated heterocycles. The summed E-state index contributed by atoms with van der Waals surface area (Å²) in [5, 5.41) is 13.8. The van der Waals surface area contributed by atoms with E-state index in [1.807, 2.05) is 72.8 Å². The fourth-order valence-electron chi connectivity index (χ4n) is 3.39. The molecule has 5 aromatic rings. The lowest BCUT2D eigenvalue weighted by Crippen LogP contribution is -2.24. The Bertz CT molecular complexity index is 1450. The van der Waals surface area contributed by atoms with E-state index in [2.05, 4.69) is 15.5 Å². The number of thioether (sulfide) groups is 1. The van der Waals surface area contributed by atoms with Crippen LogP contribution in [0.5, 0.6) is 0 Å². The largest absolute Gasteiger partial charge is 0.283 e. The smallest absolute Gasteiger partial charge is 0.262 e. The molecule has 5 rings (SSSR count). The van der Waals surface area contributed by atoms with Gasteiger partial charge in [0.25, 0.3) is 5.56 Å². The zero-order valence-corrected chi connectivity index (χ0v) is 18.4. The number of tetrazole rings is 1. The lowest BCUT2D eigenvalue weighted by Gasteiger charge is -2.14. The highest BCUT2D eigenvalue weighted by molar-refractivity contribution is 7.98. The summed E-state index contributed by atoms with van der Waals surface area (Å²) in [4.78, 5) is 18.1. The van der Waals surface area contributed by atoms with Gasteiger partial charge in [-0.1, -0.05) is 71.9 Å². The molecule has 2 heterocycles. The molecule has 0 N–H and O–H groups in total. The quantitative estimate of drug-likeness (QED) is 0.276. The van der Waals surface area contributed by atoms with Crippen molar-refractivity contribution in [1.29, 1.82) is 0 Å². The summed E-state index contributed by atoms with van der Waals surface area (Å²) in [6.45, 7) is 0.322. The molecule has 0 saturated carbocycles. The van der Waals surface area contributed by atoms with Crippen molar-refractivity contribution in [2.75, 3.05) is 0 Å². The Labute approximate surface area is 192 Å². The van der Waals surface area contributed by atoms with Gasteiger partial charge >= 0.3 is 0 Å². The van der Waals surface area contributed by atoms with Gasteiger partial charge in [0.05, 0.1) is 28.9 Å². The summed E-state index contributed by atoms with van der Waals surface area (Å²) in [6.07, 6.45) is 0. The highest BCUT2D eigenvalue weighted by Gasteiger charge is 2.15. The van der Waals surface area contributed by atoms with Crippen molar-refractivity contribution in [1.82, 2.24) is 29.8 Å². The molecule has 0 radical (unpaired) electrons. The molecule has 0 atom stereocenters. The number of benzene rings is 3. The van der Waals surface area contributed by atoms with Crippen molar-refractivity contribution < 1.29 is 0 Å². The minimum atomic E-state index is -0.110. The number of halogens is 1. The average Bonchev–Trinajstić information content (AvgIpc) is 3.30. The number of hydrogen-bond donors (Lipinski definition) is 0. The standard InChI is InChI=1S/C23H17ClN6OS/c24-19-12-6-4-8-16(19)14-29-22(31)18-11-5-7-13-20(18)25-23(29)32-15-21-26-27-28-30(21)17-9-2-1-3-10-17/h1-13H,14-15H2. The van der Waals surface area contributed by atoms with E-state index >= 15 is 0 Å². The van der Waals surface area contributed by atoms with Gasteiger partial charge in [0.2, 0.25) is 0 Å². The number of aromatic nitrogens is 6. The molecule has 158 valence electrons. The molecule has 0 spiro atoms. The van der Waals surface area contributed by atoms with Gasteiger partial charge in [0.1, 0.15) is 0 Å². The van der Waals surface area contributed by atoms with Gasteiger partial charge in [-0.25, -0.2) is 4.98 Å². The Balaban J connectivity index is 1.53. The SMILES string of the molecule is O=c1c2ccccc2nc(SCc2nnnn2-c2ccccc2)n1Cc1ccccc1Cl. The molecule has 2 aromatic heterocycles. The van der Waals surface area contributed by atoms with Crippen LogP contribution in [0.25, 0.3) is 16.6 Å². The van der Waals surface area contributed by atoms with Crippen LogP contribution >= 0.6 is 23.4 Å². The number of rotatable bonds is 6. The zero-order chi connectivity index (χ0) is 21.9. The van der Waals surface area contributed by atoms with E-state index in [4.69, 9.17) is 16.6 Å². The Morgan fingerprint density at radius 1 is 0.906 bits per heavy atom. The van der Waals surface area contributed by atoms with E-state index in [0.29, 0.717) is 39.2 Å². The number of para-hydroxylation sites is 2. The number of fused-ring (bicyclic) bond motifs is 1. The van der Waals surface area contributed by atoms with Gasteiger partial charge in [0.15, 0.2) is 11.0 Å². The predicted octanol–water partition coefficient (Wildman–Crippen LogP) is 4.37. The molecule has 0 aliphatic rings. The molecule has 9 heteroatoms. The van der Waals surface area contributed by atoms with Gasteiger partial charge in [-0.3, -0.25) is 9.36 Å². The van der Waals surface area contributed by atoms with Gasteiger partial charge in [-0.05, 0) is 46.3 Å². The maximum absolute atomic E-state index is 13.3. The monoisotopic (exact) mass is 460 g/mol. The van der Waals surface area contributed by atoms with E-state index in [-0.39, 0.29) is 5.56 Å². The second-order valence-electron chi connectivity index (χ2n) is 7.03. The highest BCUT2D eigenvalue weighted by atomic mass is 35.5. The summed E-state index contributed by atoms with van der Waals surface area (Å²) in [5.74, 6) is 1.10. The second kappa shape index (κ2) is 8.94. The van der Waals surface area contributed by atoms with Gasteiger partial charge < -0.3 is 0 Å². The van der Waals surface area contributed by atoms with Crippen LogP contribution in [0.1, 0.15) is 11.4 Å². The first-order chi connectivity index (χ1) is 15.7. The molecule has 0 aliphatic heterocycles. The van der Waals surface area contributed by atoms with E-state index in [1.165, 1.54) is 11.8 Å². The Morgan fingerprint density at radius 3 is 2.50 bits per heavy atom. The van der Waals surface area contributed by atoms with Gasteiger partial charge in [-0.15, -0.1) is 5.10 Å². The lowest BCUT2D eigenvalue weighted by molar-refractivity contribution is 0.657. The van der Waals surface area contributed by atoms with E-state index in [1.54, 1.807) is 15.3 Å². The normalized spacial score (nSPS) is 11.2. The molecule has 0 bridgehead atoms. The van der Waals surface area contributed by atoms with Crippen molar-refractivity contribution in [3.63, 3.8) is 0 Å². The third-order valence-corrected chi connectivity index (χ3v) is 6.32. The van der Waals surface area contributed by atoms with Crippen molar-refractivity contribution in [3.8, 4) is 5.69 Å². The van der Waals surface area contributed by atoms with Crippen molar-refractivity contribution in [2.24, 2.45) is 0 Å². The van der Waals surface area contributed by atoms with Crippen LogP contribution in [0.15, 0.2) is 88.8 Å². The zero-order valence-electron chi connectivity index (χ0n) is 16.8. The van der Waals surface area contributed by atoms with Crippen LogP contribution in [-0.4, -0.2) is 29.8 Å². The minimum absolute atomic E-state index is 0.110. The third-order valence-electron chi connectivity index (χ3n) is 4.98.